The van der Waals surface area contributed by atoms with Crippen molar-refractivity contribution in [1.29, 1.82) is 0 Å². The summed E-state index contributed by atoms with van der Waals surface area (Å²) in [5.41, 5.74) is 0. The number of guanidine groups is 1. The van der Waals surface area contributed by atoms with Crippen LogP contribution >= 0.6 is 35.7 Å². The van der Waals surface area contributed by atoms with Gasteiger partial charge in [-0.15, -0.1) is 24.0 Å². The largest absolute Gasteiger partial charge is 0.357 e. The van der Waals surface area contributed by atoms with E-state index in [-0.39, 0.29) is 24.0 Å². The van der Waals surface area contributed by atoms with Crippen molar-refractivity contribution in [2.24, 2.45) is 10.9 Å². The molecule has 1 atom stereocenters. The number of hydrogen-bond donors (Lipinski definition) is 2. The van der Waals surface area contributed by atoms with Crippen molar-refractivity contribution in [2.45, 2.75) is 52.0 Å². The molecule has 0 bridgehead atoms. The Morgan fingerprint density at radius 3 is 2.61 bits per heavy atom. The molecule has 2 saturated heterocycles. The summed E-state index contributed by atoms with van der Waals surface area (Å²) in [4.78, 5) is 7.37. The number of likely N-dealkylation sites (tertiary alicyclic amines) is 1. The first-order valence-electron chi connectivity index (χ1n) is 9.16. The molecule has 0 aromatic heterocycles. The van der Waals surface area contributed by atoms with Crippen LogP contribution in [0.1, 0.15) is 46.0 Å². The zero-order valence-electron chi connectivity index (χ0n) is 14.9. The second kappa shape index (κ2) is 12.6. The normalized spacial score (nSPS) is 24.1. The Balaban J connectivity index is 0.00000264. The summed E-state index contributed by atoms with van der Waals surface area (Å²) in [5, 5.41) is 7.03. The Morgan fingerprint density at radius 2 is 2.00 bits per heavy atom. The van der Waals surface area contributed by atoms with Gasteiger partial charge < -0.3 is 15.5 Å². The monoisotopic (exact) mass is 454 g/mol. The molecule has 0 aliphatic carbocycles. The summed E-state index contributed by atoms with van der Waals surface area (Å²) in [6.45, 7) is 10.1. The number of nitrogens with one attached hydrogen (secondary N) is 2. The van der Waals surface area contributed by atoms with Gasteiger partial charge in [0, 0.05) is 24.9 Å². The van der Waals surface area contributed by atoms with E-state index in [0.717, 1.165) is 25.0 Å². The Labute approximate surface area is 164 Å². The van der Waals surface area contributed by atoms with Gasteiger partial charge in [-0.1, -0.05) is 6.92 Å². The lowest BCUT2D eigenvalue weighted by atomic mass is 9.94. The van der Waals surface area contributed by atoms with Crippen molar-refractivity contribution in [2.75, 3.05) is 44.2 Å². The molecule has 2 aliphatic rings. The van der Waals surface area contributed by atoms with Gasteiger partial charge in [0.1, 0.15) is 0 Å². The summed E-state index contributed by atoms with van der Waals surface area (Å²) >= 11 is 2.06. The van der Waals surface area contributed by atoms with Gasteiger partial charge >= 0.3 is 0 Å². The van der Waals surface area contributed by atoms with Gasteiger partial charge in [-0.05, 0) is 70.3 Å². The summed E-state index contributed by atoms with van der Waals surface area (Å²) in [6, 6.07) is 0.601. The highest BCUT2D eigenvalue weighted by atomic mass is 127. The zero-order chi connectivity index (χ0) is 15.6. The quantitative estimate of drug-likeness (QED) is 0.368. The molecule has 0 aromatic rings. The number of halogens is 1. The Morgan fingerprint density at radius 1 is 1.22 bits per heavy atom. The van der Waals surface area contributed by atoms with Crippen LogP contribution in [0, 0.1) is 5.92 Å². The zero-order valence-corrected chi connectivity index (χ0v) is 18.0. The standard InChI is InChI=1S/C17H34N4S.HI/c1-3-18-17(20-16-6-5-13-22-14-16)19-10-7-15-8-11-21(4-2)12-9-15;/h15-16H,3-14H2,1-2H3,(H2,18,19,20);1H. The van der Waals surface area contributed by atoms with Crippen LogP contribution in [0.15, 0.2) is 4.99 Å². The average Bonchev–Trinajstić information content (AvgIpc) is 2.56. The molecule has 2 N–H and O–H groups in total. The van der Waals surface area contributed by atoms with Crippen LogP contribution in [0.3, 0.4) is 0 Å². The fourth-order valence-corrected chi connectivity index (χ4v) is 4.39. The van der Waals surface area contributed by atoms with Crippen LogP contribution in [0.2, 0.25) is 0 Å². The maximum atomic E-state index is 4.81. The molecular weight excluding hydrogens is 419 g/mol. The van der Waals surface area contributed by atoms with Gasteiger partial charge in [0.25, 0.3) is 0 Å². The Kier molecular flexibility index (Phi) is 11.7. The molecule has 0 radical (unpaired) electrons. The molecule has 2 rings (SSSR count). The van der Waals surface area contributed by atoms with Gasteiger partial charge in [0.2, 0.25) is 0 Å². The van der Waals surface area contributed by atoms with Crippen molar-refractivity contribution in [3.05, 3.63) is 0 Å². The van der Waals surface area contributed by atoms with E-state index in [0.29, 0.717) is 6.04 Å². The lowest BCUT2D eigenvalue weighted by molar-refractivity contribution is 0.188. The van der Waals surface area contributed by atoms with E-state index in [1.165, 1.54) is 63.2 Å². The Bertz CT molecular complexity index is 327. The molecule has 4 nitrogen and oxygen atoms in total. The molecule has 136 valence electrons. The van der Waals surface area contributed by atoms with Crippen LogP contribution in [0.25, 0.3) is 0 Å². The van der Waals surface area contributed by atoms with E-state index < -0.39 is 0 Å². The third kappa shape index (κ3) is 8.29. The molecule has 2 heterocycles. The first-order chi connectivity index (χ1) is 10.8. The van der Waals surface area contributed by atoms with Crippen LogP contribution in [0.5, 0.6) is 0 Å². The minimum atomic E-state index is 0. The maximum Gasteiger partial charge on any atom is 0.191 e. The van der Waals surface area contributed by atoms with Crippen LogP contribution < -0.4 is 10.6 Å². The molecule has 1 unspecified atom stereocenters. The van der Waals surface area contributed by atoms with Crippen molar-refractivity contribution in [3.63, 3.8) is 0 Å². The molecule has 6 heteroatoms. The molecule has 0 aromatic carbocycles. The van der Waals surface area contributed by atoms with E-state index in [1.807, 2.05) is 0 Å². The third-order valence-corrected chi connectivity index (χ3v) is 6.02. The van der Waals surface area contributed by atoms with Gasteiger partial charge in [0.05, 0.1) is 0 Å². The fourth-order valence-electron chi connectivity index (χ4n) is 3.32. The van der Waals surface area contributed by atoms with Crippen LogP contribution in [-0.4, -0.2) is 61.1 Å². The smallest absolute Gasteiger partial charge is 0.191 e. The second-order valence-corrected chi connectivity index (χ2v) is 7.64. The number of rotatable bonds is 6. The minimum Gasteiger partial charge on any atom is -0.357 e. The topological polar surface area (TPSA) is 39.7 Å². The van der Waals surface area contributed by atoms with Crippen molar-refractivity contribution in [3.8, 4) is 0 Å². The van der Waals surface area contributed by atoms with Crippen molar-refractivity contribution >= 4 is 41.7 Å². The highest BCUT2D eigenvalue weighted by molar-refractivity contribution is 14.0. The minimum absolute atomic E-state index is 0. The summed E-state index contributed by atoms with van der Waals surface area (Å²) in [5.74, 6) is 4.45. The third-order valence-electron chi connectivity index (χ3n) is 4.81. The molecular formula is C17H35IN4S. The number of thioether (sulfide) groups is 1. The predicted octanol–water partition coefficient (Wildman–Crippen LogP) is 3.18. The van der Waals surface area contributed by atoms with Crippen LogP contribution in [0.4, 0.5) is 0 Å². The molecule has 2 aliphatic heterocycles. The highest BCUT2D eigenvalue weighted by Gasteiger charge is 2.18. The molecule has 0 amide bonds. The average molecular weight is 454 g/mol. The molecule has 2 fully saturated rings. The van der Waals surface area contributed by atoms with E-state index in [1.54, 1.807) is 0 Å². The Hall–Kier alpha value is 0.310. The number of aliphatic imine (C=N–C) groups is 1. The summed E-state index contributed by atoms with van der Waals surface area (Å²) < 4.78 is 0. The van der Waals surface area contributed by atoms with Gasteiger partial charge in [0.15, 0.2) is 5.96 Å². The number of hydrogen-bond acceptors (Lipinski definition) is 3. The summed E-state index contributed by atoms with van der Waals surface area (Å²) in [7, 11) is 0. The van der Waals surface area contributed by atoms with Gasteiger partial charge in [-0.25, -0.2) is 0 Å². The summed E-state index contributed by atoms with van der Waals surface area (Å²) in [6.07, 6.45) is 6.57. The van der Waals surface area contributed by atoms with Gasteiger partial charge in [-0.2, -0.15) is 11.8 Å². The molecule has 0 saturated carbocycles. The van der Waals surface area contributed by atoms with E-state index in [2.05, 4.69) is 41.1 Å². The first-order valence-corrected chi connectivity index (χ1v) is 10.3. The maximum absolute atomic E-state index is 4.81. The van der Waals surface area contributed by atoms with Gasteiger partial charge in [-0.3, -0.25) is 4.99 Å². The molecule has 0 spiro atoms. The van der Waals surface area contributed by atoms with E-state index >= 15 is 0 Å². The van der Waals surface area contributed by atoms with E-state index in [4.69, 9.17) is 4.99 Å². The van der Waals surface area contributed by atoms with Crippen LogP contribution in [-0.2, 0) is 0 Å². The predicted molar refractivity (Wildman–Crippen MR) is 114 cm³/mol. The van der Waals surface area contributed by atoms with Crippen molar-refractivity contribution < 1.29 is 0 Å². The lowest BCUT2D eigenvalue weighted by Gasteiger charge is -2.30. The highest BCUT2D eigenvalue weighted by Crippen LogP contribution is 2.20. The lowest BCUT2D eigenvalue weighted by Crippen LogP contribution is -2.45. The molecule has 23 heavy (non-hydrogen) atoms. The second-order valence-electron chi connectivity index (χ2n) is 6.49. The fraction of sp³-hybridized carbons (Fsp3) is 0.941. The number of piperidine rings is 1. The van der Waals surface area contributed by atoms with Crippen molar-refractivity contribution in [1.82, 2.24) is 15.5 Å². The van der Waals surface area contributed by atoms with E-state index in [9.17, 15) is 0 Å². The SMILES string of the molecule is CCNC(=NCCC1CCN(CC)CC1)NC1CCCSC1.I. The number of nitrogens with zero attached hydrogens (tertiary/aromatic N) is 2. The first kappa shape index (κ1) is 21.4.